The lowest BCUT2D eigenvalue weighted by atomic mass is 9.97. The third-order valence-corrected chi connectivity index (χ3v) is 13.3. The molecule has 3 heterocycles. The van der Waals surface area contributed by atoms with Crippen molar-refractivity contribution in [1.82, 2.24) is 13.7 Å². The summed E-state index contributed by atoms with van der Waals surface area (Å²) in [5.74, 6) is 0. The van der Waals surface area contributed by atoms with Crippen LogP contribution in [0.3, 0.4) is 0 Å². The zero-order valence-corrected chi connectivity index (χ0v) is 34.6. The van der Waals surface area contributed by atoms with Crippen molar-refractivity contribution >= 4 is 60.6 Å². The standard InChI is InChI=1S/C60H41N3/c1-3-13-46(14-4-1)61-55-20-10-7-17-49(55)52-37-43(29-34-58(52)61)42-25-23-40(24-26-42)41-27-32-48(33-28-41)63-57-22-12-9-19-51(57)54-39-45(31-36-60(54)63)44-30-35-59-53(38-44)50-18-8-11-21-56(50)62(59)47-15-5-2-6-16-47/h1-9,11-19,21-39H,10,20H2. The smallest absolute Gasteiger partial charge is 0.0541 e. The normalized spacial score (nSPS) is 12.6. The molecule has 13 rings (SSSR count). The predicted octanol–water partition coefficient (Wildman–Crippen LogP) is 15.8. The fourth-order valence-electron chi connectivity index (χ4n) is 10.4. The number of allylic oxidation sites excluding steroid dienone is 1. The van der Waals surface area contributed by atoms with Gasteiger partial charge in [0, 0.05) is 55.3 Å². The van der Waals surface area contributed by atoms with E-state index >= 15 is 0 Å². The molecule has 0 saturated carbocycles. The van der Waals surface area contributed by atoms with Crippen LogP contribution in [0, 0.1) is 0 Å². The number of rotatable bonds is 6. The minimum atomic E-state index is 1.05. The molecule has 63 heavy (non-hydrogen) atoms. The summed E-state index contributed by atoms with van der Waals surface area (Å²) in [7, 11) is 0. The Morgan fingerprint density at radius 2 is 0.667 bits per heavy atom. The molecule has 0 radical (unpaired) electrons. The molecule has 0 atom stereocenters. The average Bonchev–Trinajstić information content (AvgIpc) is 4.00. The van der Waals surface area contributed by atoms with Crippen LogP contribution in [0.1, 0.15) is 17.7 Å². The lowest BCUT2D eigenvalue weighted by molar-refractivity contribution is 0.888. The first-order valence-electron chi connectivity index (χ1n) is 22.0. The fourth-order valence-corrected chi connectivity index (χ4v) is 10.4. The SMILES string of the molecule is C1=Cc2c(n(-c3ccccc3)c3ccc(-c4ccc(-c5ccc(-n6c7ccccc7c7cc(-c8ccc9c(c8)c8ccccc8n9-c8ccccc8)ccc76)cc5)cc4)cc23)CC1. The van der Waals surface area contributed by atoms with Gasteiger partial charge in [0.15, 0.2) is 0 Å². The monoisotopic (exact) mass is 803 g/mol. The van der Waals surface area contributed by atoms with Crippen molar-refractivity contribution < 1.29 is 0 Å². The molecule has 0 amide bonds. The molecule has 3 nitrogen and oxygen atoms in total. The minimum Gasteiger partial charge on any atom is -0.313 e. The van der Waals surface area contributed by atoms with Gasteiger partial charge in [-0.05, 0) is 131 Å². The Morgan fingerprint density at radius 3 is 1.22 bits per heavy atom. The van der Waals surface area contributed by atoms with Crippen LogP contribution in [0.25, 0.3) is 111 Å². The average molecular weight is 804 g/mol. The predicted molar refractivity (Wildman–Crippen MR) is 266 cm³/mol. The van der Waals surface area contributed by atoms with Crippen molar-refractivity contribution in [1.29, 1.82) is 0 Å². The van der Waals surface area contributed by atoms with E-state index < -0.39 is 0 Å². The summed E-state index contributed by atoms with van der Waals surface area (Å²) in [6.07, 6.45) is 6.77. The number of nitrogens with zero attached hydrogens (tertiary/aromatic N) is 3. The molecule has 0 fully saturated rings. The maximum Gasteiger partial charge on any atom is 0.0541 e. The lowest BCUT2D eigenvalue weighted by Crippen LogP contribution is -2.02. The largest absolute Gasteiger partial charge is 0.313 e. The van der Waals surface area contributed by atoms with E-state index in [-0.39, 0.29) is 0 Å². The highest BCUT2D eigenvalue weighted by Gasteiger charge is 2.20. The second kappa shape index (κ2) is 14.2. The van der Waals surface area contributed by atoms with Crippen molar-refractivity contribution in [2.45, 2.75) is 12.8 Å². The Kier molecular flexibility index (Phi) is 8.04. The van der Waals surface area contributed by atoms with Crippen molar-refractivity contribution in [2.75, 3.05) is 0 Å². The van der Waals surface area contributed by atoms with Crippen LogP contribution >= 0.6 is 0 Å². The van der Waals surface area contributed by atoms with Crippen LogP contribution < -0.4 is 0 Å². The molecule has 3 heteroatoms. The second-order valence-corrected chi connectivity index (χ2v) is 16.8. The number of para-hydroxylation sites is 4. The molecule has 9 aromatic carbocycles. The molecular formula is C60H41N3. The molecule has 12 aromatic rings. The summed E-state index contributed by atoms with van der Waals surface area (Å²) in [5.41, 5.74) is 19.7. The molecule has 0 saturated heterocycles. The maximum atomic E-state index is 2.45. The van der Waals surface area contributed by atoms with Gasteiger partial charge in [-0.1, -0.05) is 140 Å². The molecule has 3 aromatic heterocycles. The lowest BCUT2D eigenvalue weighted by Gasteiger charge is -2.13. The van der Waals surface area contributed by atoms with Gasteiger partial charge in [-0.2, -0.15) is 0 Å². The van der Waals surface area contributed by atoms with E-state index in [9.17, 15) is 0 Å². The summed E-state index contributed by atoms with van der Waals surface area (Å²) < 4.78 is 7.24. The van der Waals surface area contributed by atoms with Crippen molar-refractivity contribution in [2.24, 2.45) is 0 Å². The Hall–Kier alpha value is -8.14. The summed E-state index contributed by atoms with van der Waals surface area (Å²) in [5, 5.41) is 6.34. The molecule has 1 aliphatic rings. The van der Waals surface area contributed by atoms with Crippen molar-refractivity contribution in [3.63, 3.8) is 0 Å². The zero-order chi connectivity index (χ0) is 41.4. The first-order valence-corrected chi connectivity index (χ1v) is 22.0. The Morgan fingerprint density at radius 1 is 0.286 bits per heavy atom. The Balaban J connectivity index is 0.830. The Labute approximate surface area is 365 Å². The van der Waals surface area contributed by atoms with Crippen molar-refractivity contribution in [3.05, 3.63) is 230 Å². The number of benzene rings is 9. The molecular weight excluding hydrogens is 763 g/mol. The van der Waals surface area contributed by atoms with Gasteiger partial charge in [0.2, 0.25) is 0 Å². The number of fused-ring (bicyclic) bond motifs is 9. The molecule has 0 aliphatic heterocycles. The molecule has 0 unspecified atom stereocenters. The van der Waals surface area contributed by atoms with Gasteiger partial charge in [0.05, 0.1) is 27.6 Å². The van der Waals surface area contributed by atoms with Gasteiger partial charge in [0.25, 0.3) is 0 Å². The Bertz CT molecular complexity index is 3750. The molecule has 0 N–H and O–H groups in total. The molecule has 1 aliphatic carbocycles. The van der Waals surface area contributed by atoms with E-state index in [0.29, 0.717) is 0 Å². The van der Waals surface area contributed by atoms with E-state index in [0.717, 1.165) is 18.5 Å². The number of hydrogen-bond donors (Lipinski definition) is 0. The first kappa shape index (κ1) is 35.6. The topological polar surface area (TPSA) is 14.8 Å². The summed E-state index contributed by atoms with van der Waals surface area (Å²) in [6.45, 7) is 0. The summed E-state index contributed by atoms with van der Waals surface area (Å²) >= 11 is 0. The molecule has 0 spiro atoms. The number of hydrogen-bond acceptors (Lipinski definition) is 0. The fraction of sp³-hybridized carbons (Fsp3) is 0.0333. The van der Waals surface area contributed by atoms with E-state index in [1.54, 1.807) is 0 Å². The van der Waals surface area contributed by atoms with Crippen LogP contribution in [0.4, 0.5) is 0 Å². The van der Waals surface area contributed by atoms with Gasteiger partial charge in [-0.15, -0.1) is 0 Å². The second-order valence-electron chi connectivity index (χ2n) is 16.8. The van der Waals surface area contributed by atoms with Gasteiger partial charge < -0.3 is 13.7 Å². The maximum absolute atomic E-state index is 2.45. The third-order valence-electron chi connectivity index (χ3n) is 13.3. The van der Waals surface area contributed by atoms with Crippen molar-refractivity contribution in [3.8, 4) is 50.4 Å². The van der Waals surface area contributed by atoms with E-state index in [2.05, 4.69) is 238 Å². The van der Waals surface area contributed by atoms with Crippen LogP contribution in [-0.4, -0.2) is 13.7 Å². The van der Waals surface area contributed by atoms with E-state index in [1.165, 1.54) is 111 Å². The summed E-state index contributed by atoms with van der Waals surface area (Å²) in [4.78, 5) is 0. The van der Waals surface area contributed by atoms with Crippen LogP contribution in [-0.2, 0) is 6.42 Å². The van der Waals surface area contributed by atoms with Crippen LogP contribution in [0.2, 0.25) is 0 Å². The van der Waals surface area contributed by atoms with E-state index in [4.69, 9.17) is 0 Å². The van der Waals surface area contributed by atoms with Gasteiger partial charge >= 0.3 is 0 Å². The van der Waals surface area contributed by atoms with Gasteiger partial charge in [0.1, 0.15) is 0 Å². The zero-order valence-electron chi connectivity index (χ0n) is 34.6. The highest BCUT2D eigenvalue weighted by Crippen LogP contribution is 2.40. The molecule has 296 valence electrons. The summed E-state index contributed by atoms with van der Waals surface area (Å²) in [6, 6.07) is 78.0. The highest BCUT2D eigenvalue weighted by molar-refractivity contribution is 6.12. The number of aromatic nitrogens is 3. The minimum absolute atomic E-state index is 1.05. The first-order chi connectivity index (χ1) is 31.2. The van der Waals surface area contributed by atoms with Gasteiger partial charge in [-0.3, -0.25) is 0 Å². The molecule has 0 bridgehead atoms. The quantitative estimate of drug-likeness (QED) is 0.159. The highest BCUT2D eigenvalue weighted by atomic mass is 15.0. The van der Waals surface area contributed by atoms with Crippen LogP contribution in [0.15, 0.2) is 218 Å². The van der Waals surface area contributed by atoms with E-state index in [1.807, 2.05) is 0 Å². The third kappa shape index (κ3) is 5.67. The van der Waals surface area contributed by atoms with Gasteiger partial charge in [-0.25, -0.2) is 0 Å². The van der Waals surface area contributed by atoms with Crippen LogP contribution in [0.5, 0.6) is 0 Å².